The molecule has 1 aromatic heterocycles. The highest BCUT2D eigenvalue weighted by molar-refractivity contribution is 7.14. The monoisotopic (exact) mass is 298 g/mol. The molecule has 1 aliphatic heterocycles. The van der Waals surface area contributed by atoms with E-state index in [-0.39, 0.29) is 0 Å². The lowest BCUT2D eigenvalue weighted by Crippen LogP contribution is -2.37. The zero-order valence-corrected chi connectivity index (χ0v) is 11.6. The molecule has 0 fully saturated rings. The van der Waals surface area contributed by atoms with E-state index in [9.17, 15) is 9.59 Å². The minimum atomic E-state index is -0.874. The predicted molar refractivity (Wildman–Crippen MR) is 77.0 cm³/mol. The first kappa shape index (κ1) is 13.3. The van der Waals surface area contributed by atoms with Crippen LogP contribution in [0.1, 0.15) is 21.5 Å². The van der Waals surface area contributed by atoms with Gasteiger partial charge in [0.05, 0.1) is 11.1 Å². The molecule has 0 bridgehead atoms. The first-order valence-electron chi connectivity index (χ1n) is 6.26. The van der Waals surface area contributed by atoms with Crippen LogP contribution in [0.3, 0.4) is 0 Å². The number of hydrogen-bond donors (Lipinski definition) is 1. The van der Waals surface area contributed by atoms with E-state index in [2.05, 4.69) is 5.32 Å². The van der Waals surface area contributed by atoms with Crippen molar-refractivity contribution in [2.75, 3.05) is 5.32 Å². The number of thiophene rings is 1. The molecule has 1 N–H and O–H groups in total. The van der Waals surface area contributed by atoms with Crippen molar-refractivity contribution < 1.29 is 14.3 Å². The molecule has 2 heterocycles. The Morgan fingerprint density at radius 3 is 3.00 bits per heavy atom. The fourth-order valence-electron chi connectivity index (χ4n) is 2.16. The van der Waals surface area contributed by atoms with Crippen molar-refractivity contribution >= 4 is 28.2 Å². The van der Waals surface area contributed by atoms with Crippen LogP contribution in [0.5, 0.6) is 0 Å². The van der Waals surface area contributed by atoms with Crippen LogP contribution in [0.15, 0.2) is 35.7 Å². The smallest absolute Gasteiger partial charge is 0.339 e. The van der Waals surface area contributed by atoms with Gasteiger partial charge in [0, 0.05) is 6.42 Å². The molecule has 0 aliphatic carbocycles. The normalized spacial score (nSPS) is 16.5. The van der Waals surface area contributed by atoms with Gasteiger partial charge in [-0.05, 0) is 23.1 Å². The Balaban J connectivity index is 1.79. The van der Waals surface area contributed by atoms with Gasteiger partial charge in [0.25, 0.3) is 5.91 Å². The van der Waals surface area contributed by atoms with E-state index >= 15 is 0 Å². The fraction of sp³-hybridized carbons (Fsp3) is 0.133. The number of carbonyl (C=O) groups excluding carboxylic acids is 2. The Kier molecular flexibility index (Phi) is 3.42. The molecule has 6 heteroatoms. The van der Waals surface area contributed by atoms with Gasteiger partial charge in [0.1, 0.15) is 11.1 Å². The van der Waals surface area contributed by atoms with Crippen LogP contribution in [-0.2, 0) is 16.0 Å². The van der Waals surface area contributed by atoms with Crippen molar-refractivity contribution in [1.82, 2.24) is 0 Å². The average molecular weight is 298 g/mol. The van der Waals surface area contributed by atoms with E-state index in [1.807, 2.05) is 18.2 Å². The van der Waals surface area contributed by atoms with Crippen LogP contribution < -0.4 is 5.32 Å². The standard InChI is InChI=1S/C15H10N2O3S/c16-8-10-5-6-21-14(10)17-13(18)12-7-9-3-1-2-4-11(9)15(19)20-12/h1-6,12H,7H2,(H,17,18). The van der Waals surface area contributed by atoms with Gasteiger partial charge < -0.3 is 10.1 Å². The highest BCUT2D eigenvalue weighted by Gasteiger charge is 2.31. The summed E-state index contributed by atoms with van der Waals surface area (Å²) in [5.41, 5.74) is 1.69. The lowest BCUT2D eigenvalue weighted by Gasteiger charge is -2.23. The molecule has 3 rings (SSSR count). The Hall–Kier alpha value is -2.65. The van der Waals surface area contributed by atoms with E-state index in [1.54, 1.807) is 23.6 Å². The van der Waals surface area contributed by atoms with Crippen LogP contribution in [0, 0.1) is 11.3 Å². The van der Waals surface area contributed by atoms with Gasteiger partial charge >= 0.3 is 5.97 Å². The number of anilines is 1. The maximum absolute atomic E-state index is 12.2. The van der Waals surface area contributed by atoms with Crippen LogP contribution in [0.25, 0.3) is 0 Å². The Morgan fingerprint density at radius 1 is 1.38 bits per heavy atom. The Morgan fingerprint density at radius 2 is 2.19 bits per heavy atom. The molecule has 21 heavy (non-hydrogen) atoms. The number of nitrogens with one attached hydrogen (secondary N) is 1. The molecule has 0 saturated heterocycles. The summed E-state index contributed by atoms with van der Waals surface area (Å²) in [6.45, 7) is 0. The summed E-state index contributed by atoms with van der Waals surface area (Å²) in [4.78, 5) is 24.1. The SMILES string of the molecule is N#Cc1ccsc1NC(=O)C1Cc2ccccc2C(=O)O1. The van der Waals surface area contributed by atoms with Gasteiger partial charge in [-0.3, -0.25) is 4.79 Å². The number of ether oxygens (including phenoxy) is 1. The Labute approximate surface area is 124 Å². The van der Waals surface area contributed by atoms with E-state index < -0.39 is 18.0 Å². The van der Waals surface area contributed by atoms with E-state index in [1.165, 1.54) is 11.3 Å². The number of carbonyl (C=O) groups is 2. The summed E-state index contributed by atoms with van der Waals surface area (Å²) in [5.74, 6) is -0.916. The van der Waals surface area contributed by atoms with Crippen molar-refractivity contribution in [1.29, 1.82) is 5.26 Å². The summed E-state index contributed by atoms with van der Waals surface area (Å²) >= 11 is 1.26. The van der Waals surface area contributed by atoms with Gasteiger partial charge in [-0.1, -0.05) is 18.2 Å². The highest BCUT2D eigenvalue weighted by Crippen LogP contribution is 2.25. The van der Waals surface area contributed by atoms with Crippen LogP contribution in [0.4, 0.5) is 5.00 Å². The molecule has 1 unspecified atom stereocenters. The average Bonchev–Trinajstić information content (AvgIpc) is 2.94. The van der Waals surface area contributed by atoms with Gasteiger partial charge in [0.15, 0.2) is 6.10 Å². The summed E-state index contributed by atoms with van der Waals surface area (Å²) in [6.07, 6.45) is -0.540. The number of rotatable bonds is 2. The maximum atomic E-state index is 12.2. The van der Waals surface area contributed by atoms with Gasteiger partial charge in [-0.15, -0.1) is 11.3 Å². The first-order valence-corrected chi connectivity index (χ1v) is 7.14. The zero-order chi connectivity index (χ0) is 14.8. The summed E-state index contributed by atoms with van der Waals surface area (Å²) < 4.78 is 5.17. The number of esters is 1. The molecule has 0 spiro atoms. The number of nitriles is 1. The van der Waals surface area contributed by atoms with Crippen LogP contribution in [0.2, 0.25) is 0 Å². The summed E-state index contributed by atoms with van der Waals surface area (Å²) in [5, 5.41) is 13.8. The zero-order valence-electron chi connectivity index (χ0n) is 10.8. The van der Waals surface area contributed by atoms with Crippen molar-refractivity contribution in [2.45, 2.75) is 12.5 Å². The third kappa shape index (κ3) is 2.51. The molecule has 1 amide bonds. The third-order valence-corrected chi connectivity index (χ3v) is 4.04. The minimum Gasteiger partial charge on any atom is -0.448 e. The summed E-state index contributed by atoms with van der Waals surface area (Å²) in [7, 11) is 0. The largest absolute Gasteiger partial charge is 0.448 e. The molecule has 104 valence electrons. The second kappa shape index (κ2) is 5.38. The van der Waals surface area contributed by atoms with Crippen molar-refractivity contribution in [3.8, 4) is 6.07 Å². The number of hydrogen-bond acceptors (Lipinski definition) is 5. The quantitative estimate of drug-likeness (QED) is 0.863. The molecule has 5 nitrogen and oxygen atoms in total. The minimum absolute atomic E-state index is 0.334. The predicted octanol–water partition coefficient (Wildman–Crippen LogP) is 2.34. The van der Waals surface area contributed by atoms with Gasteiger partial charge in [-0.2, -0.15) is 5.26 Å². The molecular formula is C15H10N2O3S. The highest BCUT2D eigenvalue weighted by atomic mass is 32.1. The van der Waals surface area contributed by atoms with Crippen LogP contribution in [-0.4, -0.2) is 18.0 Å². The third-order valence-electron chi connectivity index (χ3n) is 3.21. The first-order chi connectivity index (χ1) is 10.2. The van der Waals surface area contributed by atoms with E-state index in [0.717, 1.165) is 5.56 Å². The van der Waals surface area contributed by atoms with Crippen molar-refractivity contribution in [3.63, 3.8) is 0 Å². The van der Waals surface area contributed by atoms with Gasteiger partial charge in [0.2, 0.25) is 0 Å². The van der Waals surface area contributed by atoms with Crippen molar-refractivity contribution in [3.05, 3.63) is 52.4 Å². The second-order valence-electron chi connectivity index (χ2n) is 4.52. The maximum Gasteiger partial charge on any atom is 0.339 e. The number of cyclic esters (lactones) is 1. The van der Waals surface area contributed by atoms with E-state index in [0.29, 0.717) is 22.5 Å². The van der Waals surface area contributed by atoms with Gasteiger partial charge in [-0.25, -0.2) is 4.79 Å². The molecule has 1 aliphatic rings. The number of benzene rings is 1. The lowest BCUT2D eigenvalue weighted by atomic mass is 9.98. The fourth-order valence-corrected chi connectivity index (χ4v) is 2.90. The molecule has 2 aromatic rings. The second-order valence-corrected chi connectivity index (χ2v) is 5.44. The molecule has 1 atom stereocenters. The van der Waals surface area contributed by atoms with Crippen molar-refractivity contribution in [2.24, 2.45) is 0 Å². The number of nitrogens with zero attached hydrogens (tertiary/aromatic N) is 1. The topological polar surface area (TPSA) is 79.2 Å². The number of fused-ring (bicyclic) bond motifs is 1. The van der Waals surface area contributed by atoms with Crippen LogP contribution >= 0.6 is 11.3 Å². The lowest BCUT2D eigenvalue weighted by molar-refractivity contribution is -0.125. The molecule has 1 aromatic carbocycles. The molecular weight excluding hydrogens is 288 g/mol. The Bertz CT molecular complexity index is 760. The summed E-state index contributed by atoms with van der Waals surface area (Å²) in [6, 6.07) is 10.7. The molecule has 0 saturated carbocycles. The van der Waals surface area contributed by atoms with E-state index in [4.69, 9.17) is 10.00 Å². The number of amides is 1. The molecule has 0 radical (unpaired) electrons.